The van der Waals surface area contributed by atoms with Crippen LogP contribution >= 0.6 is 10.8 Å². The lowest BCUT2D eigenvalue weighted by molar-refractivity contribution is -0.116. The molecule has 1 aromatic rings. The van der Waals surface area contributed by atoms with E-state index in [0.29, 0.717) is 6.42 Å². The van der Waals surface area contributed by atoms with E-state index < -0.39 is 10.8 Å². The second kappa shape index (κ2) is 4.10. The van der Waals surface area contributed by atoms with Gasteiger partial charge in [-0.25, -0.2) is 5.14 Å². The Bertz CT molecular complexity index is 329. The Hall–Kier alpha value is -0.880. The molecule has 5 heteroatoms. The van der Waals surface area contributed by atoms with E-state index in [9.17, 15) is 4.79 Å². The summed E-state index contributed by atoms with van der Waals surface area (Å²) in [5.74, 6) is 0.0668. The third-order valence-corrected chi connectivity index (χ3v) is 2.69. The van der Waals surface area contributed by atoms with Crippen LogP contribution in [0.15, 0.2) is 29.2 Å². The zero-order chi connectivity index (χ0) is 10.8. The van der Waals surface area contributed by atoms with Crippen LogP contribution in [-0.4, -0.2) is 14.9 Å². The second-order valence-electron chi connectivity index (χ2n) is 3.12. The van der Waals surface area contributed by atoms with E-state index in [2.05, 4.69) is 0 Å². The monoisotopic (exact) mass is 215 g/mol. The molecule has 1 rings (SSSR count). The number of Topliss-reactive ketones (excluding diaryl/α,β-unsaturated/α-hetero) is 1. The molecule has 0 aliphatic rings. The average molecular weight is 215 g/mol. The number of nitrogens with two attached hydrogens (primary N) is 1. The molecule has 0 bridgehead atoms. The van der Waals surface area contributed by atoms with Crippen LogP contribution in [0.4, 0.5) is 0 Å². The van der Waals surface area contributed by atoms with Crippen molar-refractivity contribution in [1.29, 1.82) is 0 Å². The molecule has 0 aliphatic carbocycles. The number of hydrogen-bond acceptors (Lipinski definition) is 4. The van der Waals surface area contributed by atoms with Crippen molar-refractivity contribution in [1.82, 2.24) is 0 Å². The number of carbonyl (C=O) groups excluding carboxylic acids is 1. The molecule has 78 valence electrons. The Morgan fingerprint density at radius 1 is 1.36 bits per heavy atom. The first kappa shape index (κ1) is 11.2. The van der Waals surface area contributed by atoms with Crippen LogP contribution in [0.25, 0.3) is 0 Å². The zero-order valence-electron chi connectivity index (χ0n) is 7.80. The zero-order valence-corrected chi connectivity index (χ0v) is 8.62. The highest BCUT2D eigenvalue weighted by molar-refractivity contribution is 8.22. The van der Waals surface area contributed by atoms with Gasteiger partial charge in [0, 0.05) is 6.42 Å². The van der Waals surface area contributed by atoms with Gasteiger partial charge in [0.25, 0.3) is 0 Å². The van der Waals surface area contributed by atoms with Crippen molar-refractivity contribution in [2.45, 2.75) is 18.2 Å². The molecule has 0 aromatic heterocycles. The fourth-order valence-electron chi connectivity index (χ4n) is 1.10. The van der Waals surface area contributed by atoms with Crippen molar-refractivity contribution >= 4 is 16.6 Å². The highest BCUT2D eigenvalue weighted by Crippen LogP contribution is 2.39. The summed E-state index contributed by atoms with van der Waals surface area (Å²) in [6.45, 7) is 1.50. The van der Waals surface area contributed by atoms with E-state index in [0.717, 1.165) is 5.56 Å². The van der Waals surface area contributed by atoms with Gasteiger partial charge in [0.1, 0.15) is 5.78 Å². The fourth-order valence-corrected chi connectivity index (χ4v) is 1.63. The van der Waals surface area contributed by atoms with Gasteiger partial charge in [-0.15, -0.1) is 10.8 Å². The predicted molar refractivity (Wildman–Crippen MR) is 56.1 cm³/mol. The average Bonchev–Trinajstić information content (AvgIpc) is 2.02. The van der Waals surface area contributed by atoms with Gasteiger partial charge in [-0.3, -0.25) is 13.9 Å². The topological polar surface area (TPSA) is 83.6 Å². The van der Waals surface area contributed by atoms with Crippen molar-refractivity contribution in [3.05, 3.63) is 29.8 Å². The molecule has 0 saturated heterocycles. The summed E-state index contributed by atoms with van der Waals surface area (Å²) in [4.78, 5) is 11.1. The number of carbonyl (C=O) groups is 1. The summed E-state index contributed by atoms with van der Waals surface area (Å²) >= 11 is 0. The van der Waals surface area contributed by atoms with Gasteiger partial charge in [-0.1, -0.05) is 12.1 Å². The molecule has 0 spiro atoms. The van der Waals surface area contributed by atoms with E-state index >= 15 is 0 Å². The molecule has 0 radical (unpaired) electrons. The van der Waals surface area contributed by atoms with E-state index in [1.807, 2.05) is 0 Å². The Balaban J connectivity index is 2.84. The summed E-state index contributed by atoms with van der Waals surface area (Å²) in [5.41, 5.74) is 0.838. The van der Waals surface area contributed by atoms with Crippen molar-refractivity contribution < 1.29 is 13.9 Å². The molecule has 0 saturated carbocycles. The first-order chi connectivity index (χ1) is 6.39. The van der Waals surface area contributed by atoms with Crippen molar-refractivity contribution in [2.75, 3.05) is 0 Å². The van der Waals surface area contributed by atoms with Crippen LogP contribution in [0.1, 0.15) is 12.5 Å². The first-order valence-corrected chi connectivity index (χ1v) is 5.65. The summed E-state index contributed by atoms with van der Waals surface area (Å²) in [5, 5.41) is 5.14. The van der Waals surface area contributed by atoms with Crippen LogP contribution in [-0.2, 0) is 11.2 Å². The van der Waals surface area contributed by atoms with E-state index in [1.165, 1.54) is 19.1 Å². The van der Waals surface area contributed by atoms with Crippen molar-refractivity contribution in [2.24, 2.45) is 5.14 Å². The molecule has 0 fully saturated rings. The van der Waals surface area contributed by atoms with E-state index in [1.54, 1.807) is 12.1 Å². The van der Waals surface area contributed by atoms with Crippen LogP contribution in [0.5, 0.6) is 0 Å². The van der Waals surface area contributed by atoms with Gasteiger partial charge >= 0.3 is 0 Å². The maximum absolute atomic E-state index is 10.8. The molecule has 14 heavy (non-hydrogen) atoms. The third-order valence-electron chi connectivity index (χ3n) is 1.72. The Morgan fingerprint density at radius 2 is 1.86 bits per heavy atom. The molecule has 4 N–H and O–H groups in total. The summed E-state index contributed by atoms with van der Waals surface area (Å²) in [7, 11) is -3.13. The Morgan fingerprint density at radius 3 is 2.21 bits per heavy atom. The number of benzene rings is 1. The maximum atomic E-state index is 10.8. The summed E-state index contributed by atoms with van der Waals surface area (Å²) < 4.78 is 18.2. The van der Waals surface area contributed by atoms with Crippen LogP contribution in [0, 0.1) is 0 Å². The molecular weight excluding hydrogens is 202 g/mol. The fraction of sp³-hybridized carbons (Fsp3) is 0.222. The van der Waals surface area contributed by atoms with Crippen molar-refractivity contribution in [3.63, 3.8) is 0 Å². The minimum absolute atomic E-state index is 0.0668. The molecule has 4 nitrogen and oxygen atoms in total. The van der Waals surface area contributed by atoms with E-state index in [-0.39, 0.29) is 10.7 Å². The lowest BCUT2D eigenvalue weighted by Gasteiger charge is -2.26. The van der Waals surface area contributed by atoms with Crippen molar-refractivity contribution in [3.8, 4) is 0 Å². The molecule has 0 unspecified atom stereocenters. The van der Waals surface area contributed by atoms with Crippen LogP contribution < -0.4 is 5.14 Å². The van der Waals surface area contributed by atoms with Gasteiger partial charge in [0.2, 0.25) is 0 Å². The van der Waals surface area contributed by atoms with Gasteiger partial charge in [0.05, 0.1) is 4.90 Å². The molecule has 0 amide bonds. The smallest absolute Gasteiger partial charge is 0.134 e. The molecule has 0 heterocycles. The predicted octanol–water partition coefficient (Wildman–Crippen LogP) is 1.80. The Labute approximate surface area is 84.2 Å². The van der Waals surface area contributed by atoms with Gasteiger partial charge < -0.3 is 0 Å². The maximum Gasteiger partial charge on any atom is 0.134 e. The third kappa shape index (κ3) is 3.12. The molecular formula is C9H13NO3S. The lowest BCUT2D eigenvalue weighted by atomic mass is 10.1. The highest BCUT2D eigenvalue weighted by atomic mass is 32.3. The van der Waals surface area contributed by atoms with Gasteiger partial charge in [-0.05, 0) is 24.6 Å². The summed E-state index contributed by atoms with van der Waals surface area (Å²) in [6.07, 6.45) is 0.351. The largest absolute Gasteiger partial charge is 0.300 e. The van der Waals surface area contributed by atoms with Crippen LogP contribution in [0.3, 0.4) is 0 Å². The minimum Gasteiger partial charge on any atom is -0.300 e. The van der Waals surface area contributed by atoms with Gasteiger partial charge in [-0.2, -0.15) is 0 Å². The standard InChI is InChI=1S/C9H13NO3S/c1-7(11)6-8-2-4-9(5-3-8)14(10,12)13/h2-5,12-13H,6,10H2,1H3. The quantitative estimate of drug-likeness (QED) is 0.718. The Kier molecular flexibility index (Phi) is 3.28. The second-order valence-corrected chi connectivity index (χ2v) is 4.77. The SMILES string of the molecule is CC(=O)Cc1ccc(S(N)(O)O)cc1. The normalized spacial score (nSPS) is 12.6. The number of ketones is 1. The van der Waals surface area contributed by atoms with Gasteiger partial charge in [0.15, 0.2) is 0 Å². The molecule has 0 atom stereocenters. The van der Waals surface area contributed by atoms with Crippen LogP contribution in [0.2, 0.25) is 0 Å². The highest BCUT2D eigenvalue weighted by Gasteiger charge is 2.08. The molecule has 1 aromatic carbocycles. The number of rotatable bonds is 3. The van der Waals surface area contributed by atoms with E-state index in [4.69, 9.17) is 14.2 Å². The number of hydrogen-bond donors (Lipinski definition) is 3. The molecule has 0 aliphatic heterocycles. The summed E-state index contributed by atoms with van der Waals surface area (Å²) in [6, 6.07) is 6.37. The lowest BCUT2D eigenvalue weighted by Crippen LogP contribution is -2.08. The minimum atomic E-state index is -3.13. The first-order valence-electron chi connectivity index (χ1n) is 4.04.